The predicted molar refractivity (Wildman–Crippen MR) is 130 cm³/mol. The van der Waals surface area contributed by atoms with Gasteiger partial charge in [-0.05, 0) is 74.5 Å². The molecule has 2 aliphatic rings. The number of amides is 1. The molecule has 0 bridgehead atoms. The van der Waals surface area contributed by atoms with Crippen molar-refractivity contribution in [2.24, 2.45) is 0 Å². The number of halogens is 1. The summed E-state index contributed by atoms with van der Waals surface area (Å²) < 4.78 is 19.2. The van der Waals surface area contributed by atoms with Gasteiger partial charge in [0, 0.05) is 30.6 Å². The molecule has 8 heteroatoms. The van der Waals surface area contributed by atoms with Crippen molar-refractivity contribution in [2.45, 2.75) is 18.9 Å². The van der Waals surface area contributed by atoms with E-state index in [1.807, 2.05) is 24.3 Å². The second-order valence-corrected chi connectivity index (χ2v) is 9.80. The van der Waals surface area contributed by atoms with Gasteiger partial charge in [0.2, 0.25) is 0 Å². The van der Waals surface area contributed by atoms with Crippen LogP contribution in [-0.4, -0.2) is 62.7 Å². The summed E-state index contributed by atoms with van der Waals surface area (Å²) in [5, 5.41) is 0. The van der Waals surface area contributed by atoms with Gasteiger partial charge in [0.25, 0.3) is 5.91 Å². The number of likely N-dealkylation sites (N-methyl/N-ethyl adjacent to an activating group) is 1. The molecular weight excluding hydrogens is 439 g/mol. The van der Waals surface area contributed by atoms with E-state index in [0.717, 1.165) is 53.4 Å². The largest absolute Gasteiger partial charge is 0.494 e. The number of benzene rings is 1. The van der Waals surface area contributed by atoms with Crippen LogP contribution in [0.1, 0.15) is 21.7 Å². The standard InChI is InChI=1S/C25H27FN4O2S/c1-28(2)19-9-10-29(15-19)23-7-5-18(14-27-23)30-11-8-17-13-22(33-24(17)25(30)31)16-4-6-21(32-3)20(26)12-16/h4-7,12-14,19H,8-11,15H2,1-3H3. The first kappa shape index (κ1) is 21.9. The monoisotopic (exact) mass is 466 g/mol. The number of ether oxygens (including phenoxy) is 1. The Hall–Kier alpha value is -2.97. The van der Waals surface area contributed by atoms with E-state index < -0.39 is 5.82 Å². The molecule has 2 aromatic heterocycles. The summed E-state index contributed by atoms with van der Waals surface area (Å²) in [5.74, 6) is 0.734. The molecule has 1 unspecified atom stereocenters. The average Bonchev–Trinajstić information content (AvgIpc) is 3.48. The third kappa shape index (κ3) is 4.09. The second kappa shape index (κ2) is 8.76. The van der Waals surface area contributed by atoms with Crippen LogP contribution in [0, 0.1) is 5.82 Å². The number of anilines is 2. The normalized spacial score (nSPS) is 18.2. The highest BCUT2D eigenvalue weighted by atomic mass is 32.1. The third-order valence-corrected chi connectivity index (χ3v) is 7.77. The molecule has 33 heavy (non-hydrogen) atoms. The number of fused-ring (bicyclic) bond motifs is 1. The highest BCUT2D eigenvalue weighted by Gasteiger charge is 2.29. The molecule has 1 atom stereocenters. The topological polar surface area (TPSA) is 48.9 Å². The summed E-state index contributed by atoms with van der Waals surface area (Å²) in [7, 11) is 5.67. The number of thiophene rings is 1. The van der Waals surface area contributed by atoms with Crippen LogP contribution >= 0.6 is 11.3 Å². The lowest BCUT2D eigenvalue weighted by Gasteiger charge is -2.27. The SMILES string of the molecule is COc1ccc(-c2cc3c(s2)C(=O)N(c2ccc(N4CCC(N(C)C)C4)nc2)CC3)cc1F. The minimum absolute atomic E-state index is 0.0233. The van der Waals surface area contributed by atoms with E-state index in [1.54, 1.807) is 17.2 Å². The maximum atomic E-state index is 14.2. The van der Waals surface area contributed by atoms with Crippen LogP contribution in [0.4, 0.5) is 15.9 Å². The molecule has 0 spiro atoms. The van der Waals surface area contributed by atoms with Crippen molar-refractivity contribution in [2.75, 3.05) is 50.6 Å². The van der Waals surface area contributed by atoms with Crippen molar-refractivity contribution >= 4 is 28.7 Å². The van der Waals surface area contributed by atoms with Gasteiger partial charge in [-0.2, -0.15) is 0 Å². The van der Waals surface area contributed by atoms with E-state index in [4.69, 9.17) is 4.74 Å². The van der Waals surface area contributed by atoms with Crippen LogP contribution in [-0.2, 0) is 6.42 Å². The summed E-state index contributed by atoms with van der Waals surface area (Å²) >= 11 is 1.41. The first-order chi connectivity index (χ1) is 15.9. The molecule has 0 saturated carbocycles. The van der Waals surface area contributed by atoms with Crippen molar-refractivity contribution in [3.8, 4) is 16.2 Å². The van der Waals surface area contributed by atoms with E-state index >= 15 is 0 Å². The molecule has 1 fully saturated rings. The van der Waals surface area contributed by atoms with Crippen LogP contribution in [0.5, 0.6) is 5.75 Å². The number of hydrogen-bond donors (Lipinski definition) is 0. The maximum absolute atomic E-state index is 14.2. The minimum Gasteiger partial charge on any atom is -0.494 e. The van der Waals surface area contributed by atoms with Crippen molar-refractivity contribution in [1.29, 1.82) is 0 Å². The van der Waals surface area contributed by atoms with Gasteiger partial charge in [-0.3, -0.25) is 4.79 Å². The van der Waals surface area contributed by atoms with Crippen LogP contribution in [0.3, 0.4) is 0 Å². The third-order valence-electron chi connectivity index (χ3n) is 6.55. The summed E-state index contributed by atoms with van der Waals surface area (Å²) in [4.78, 5) is 25.9. The van der Waals surface area contributed by atoms with E-state index in [-0.39, 0.29) is 11.7 Å². The van der Waals surface area contributed by atoms with Gasteiger partial charge >= 0.3 is 0 Å². The summed E-state index contributed by atoms with van der Waals surface area (Å²) in [6.07, 6.45) is 3.69. The van der Waals surface area contributed by atoms with Crippen LogP contribution in [0.25, 0.3) is 10.4 Å². The quantitative estimate of drug-likeness (QED) is 0.561. The molecule has 5 rings (SSSR count). The highest BCUT2D eigenvalue weighted by Crippen LogP contribution is 2.37. The Balaban J connectivity index is 1.34. The number of aromatic nitrogens is 1. The first-order valence-corrected chi connectivity index (χ1v) is 11.9. The van der Waals surface area contributed by atoms with Gasteiger partial charge < -0.3 is 19.4 Å². The minimum atomic E-state index is -0.407. The second-order valence-electron chi connectivity index (χ2n) is 8.75. The predicted octanol–water partition coefficient (Wildman–Crippen LogP) is 4.30. The van der Waals surface area contributed by atoms with Gasteiger partial charge in [0.15, 0.2) is 11.6 Å². The number of rotatable bonds is 5. The highest BCUT2D eigenvalue weighted by molar-refractivity contribution is 7.17. The van der Waals surface area contributed by atoms with Crippen LogP contribution < -0.4 is 14.5 Å². The van der Waals surface area contributed by atoms with Gasteiger partial charge in [-0.1, -0.05) is 0 Å². The zero-order valence-electron chi connectivity index (χ0n) is 19.0. The molecule has 0 aliphatic carbocycles. The molecule has 6 nitrogen and oxygen atoms in total. The molecule has 1 amide bonds. The number of methoxy groups -OCH3 is 1. The number of hydrogen-bond acceptors (Lipinski definition) is 6. The Bertz CT molecular complexity index is 1180. The first-order valence-electron chi connectivity index (χ1n) is 11.1. The van der Waals surface area contributed by atoms with Gasteiger partial charge in [-0.25, -0.2) is 9.37 Å². The fourth-order valence-corrected chi connectivity index (χ4v) is 5.71. The van der Waals surface area contributed by atoms with E-state index in [0.29, 0.717) is 17.5 Å². The molecule has 1 aromatic carbocycles. The molecule has 172 valence electrons. The average molecular weight is 467 g/mol. The van der Waals surface area contributed by atoms with E-state index in [2.05, 4.69) is 28.9 Å². The molecule has 0 N–H and O–H groups in total. The maximum Gasteiger partial charge on any atom is 0.268 e. The van der Waals surface area contributed by atoms with E-state index in [9.17, 15) is 9.18 Å². The van der Waals surface area contributed by atoms with Crippen LogP contribution in [0.2, 0.25) is 0 Å². The van der Waals surface area contributed by atoms with Crippen molar-refractivity contribution in [3.63, 3.8) is 0 Å². The van der Waals surface area contributed by atoms with Gasteiger partial charge in [-0.15, -0.1) is 11.3 Å². The van der Waals surface area contributed by atoms with Crippen molar-refractivity contribution in [1.82, 2.24) is 9.88 Å². The Morgan fingerprint density at radius 1 is 1.18 bits per heavy atom. The summed E-state index contributed by atoms with van der Waals surface area (Å²) in [6, 6.07) is 11.4. The molecular formula is C25H27FN4O2S. The lowest BCUT2D eigenvalue weighted by molar-refractivity contribution is 0.0985. The summed E-state index contributed by atoms with van der Waals surface area (Å²) in [6.45, 7) is 2.56. The fourth-order valence-electron chi connectivity index (χ4n) is 4.56. The Labute approximate surface area is 197 Å². The summed E-state index contributed by atoms with van der Waals surface area (Å²) in [5.41, 5.74) is 2.58. The lowest BCUT2D eigenvalue weighted by Crippen LogP contribution is -2.36. The molecule has 2 aliphatic heterocycles. The Morgan fingerprint density at radius 3 is 2.70 bits per heavy atom. The molecule has 4 heterocycles. The number of pyridine rings is 1. The van der Waals surface area contributed by atoms with Gasteiger partial charge in [0.05, 0.1) is 23.9 Å². The molecule has 0 radical (unpaired) electrons. The Morgan fingerprint density at radius 2 is 2.03 bits per heavy atom. The van der Waals surface area contributed by atoms with E-state index in [1.165, 1.54) is 24.5 Å². The number of nitrogens with zero attached hydrogens (tertiary/aromatic N) is 4. The number of carbonyl (C=O) groups is 1. The van der Waals surface area contributed by atoms with Gasteiger partial charge in [0.1, 0.15) is 5.82 Å². The molecule has 3 aromatic rings. The van der Waals surface area contributed by atoms with Crippen molar-refractivity contribution < 1.29 is 13.9 Å². The fraction of sp³-hybridized carbons (Fsp3) is 0.360. The lowest BCUT2D eigenvalue weighted by atomic mass is 10.1. The van der Waals surface area contributed by atoms with Crippen molar-refractivity contribution in [3.05, 3.63) is 58.9 Å². The molecule has 1 saturated heterocycles. The number of carbonyl (C=O) groups excluding carboxylic acids is 1. The zero-order chi connectivity index (χ0) is 23.1. The van der Waals surface area contributed by atoms with Crippen LogP contribution in [0.15, 0.2) is 42.6 Å². The Kier molecular flexibility index (Phi) is 5.80. The zero-order valence-corrected chi connectivity index (χ0v) is 19.9. The smallest absolute Gasteiger partial charge is 0.268 e.